The zero-order valence-corrected chi connectivity index (χ0v) is 12.3. The molecule has 2 amide bonds. The van der Waals surface area contributed by atoms with Crippen LogP contribution >= 0.6 is 0 Å². The van der Waals surface area contributed by atoms with Crippen molar-refractivity contribution in [2.45, 2.75) is 6.10 Å². The fourth-order valence-corrected chi connectivity index (χ4v) is 2.38. The highest BCUT2D eigenvalue weighted by Crippen LogP contribution is 2.25. The Kier molecular flexibility index (Phi) is 4.11. The minimum absolute atomic E-state index is 0.159. The Labute approximate surface area is 136 Å². The van der Waals surface area contributed by atoms with Crippen molar-refractivity contribution in [1.82, 2.24) is 15.1 Å². The number of anilines is 1. The molecular weight excluding hydrogens is 317 g/mol. The average molecular weight is 329 g/mol. The first-order valence-electron chi connectivity index (χ1n) is 7.02. The fraction of sp³-hybridized carbons (Fsp3) is 0.200. The first kappa shape index (κ1) is 15.5. The van der Waals surface area contributed by atoms with Crippen LogP contribution in [0.2, 0.25) is 0 Å². The van der Waals surface area contributed by atoms with Gasteiger partial charge in [-0.25, -0.2) is 13.9 Å². The highest BCUT2D eigenvalue weighted by Gasteiger charge is 2.32. The number of aromatic nitrogens is 2. The van der Waals surface area contributed by atoms with E-state index in [4.69, 9.17) is 10.00 Å². The van der Waals surface area contributed by atoms with Crippen molar-refractivity contribution in [3.63, 3.8) is 0 Å². The number of rotatable bonds is 5. The van der Waals surface area contributed by atoms with Crippen molar-refractivity contribution in [3.8, 4) is 11.8 Å². The van der Waals surface area contributed by atoms with Gasteiger partial charge < -0.3 is 10.1 Å². The number of nitriles is 1. The summed E-state index contributed by atoms with van der Waals surface area (Å²) in [7, 11) is 0. The molecule has 1 atom stereocenters. The van der Waals surface area contributed by atoms with Gasteiger partial charge >= 0.3 is 6.09 Å². The van der Waals surface area contributed by atoms with E-state index in [1.54, 1.807) is 6.07 Å². The van der Waals surface area contributed by atoms with Gasteiger partial charge in [0.25, 0.3) is 0 Å². The highest BCUT2D eigenvalue weighted by molar-refractivity contribution is 5.89. The quantitative estimate of drug-likeness (QED) is 0.823. The molecule has 1 N–H and O–H groups in total. The number of carbonyl (C=O) groups is 2. The summed E-state index contributed by atoms with van der Waals surface area (Å²) in [6, 6.07) is 6.13. The maximum absolute atomic E-state index is 14.3. The molecule has 24 heavy (non-hydrogen) atoms. The standard InChI is InChI=1S/C15H12FN5O3/c16-13-3-11(20-8-12(6-18-9-22)24-15(20)23)1-2-14(13)21-7-10(4-17)5-19-21/h1-3,5,7,9,12H,6,8H2,(H,18,22)/t12-/m0/s1. The van der Waals surface area contributed by atoms with Crippen molar-refractivity contribution >= 4 is 18.2 Å². The minimum Gasteiger partial charge on any atom is -0.442 e. The lowest BCUT2D eigenvalue weighted by Crippen LogP contribution is -2.30. The zero-order valence-electron chi connectivity index (χ0n) is 12.3. The maximum atomic E-state index is 14.3. The van der Waals surface area contributed by atoms with E-state index >= 15 is 0 Å². The smallest absolute Gasteiger partial charge is 0.414 e. The molecule has 1 aliphatic heterocycles. The van der Waals surface area contributed by atoms with Gasteiger partial charge in [-0.05, 0) is 18.2 Å². The largest absolute Gasteiger partial charge is 0.442 e. The van der Waals surface area contributed by atoms with Gasteiger partial charge in [0.15, 0.2) is 5.82 Å². The van der Waals surface area contributed by atoms with E-state index in [2.05, 4.69) is 10.4 Å². The van der Waals surface area contributed by atoms with E-state index in [0.29, 0.717) is 17.7 Å². The summed E-state index contributed by atoms with van der Waals surface area (Å²) < 4.78 is 20.7. The third-order valence-corrected chi connectivity index (χ3v) is 3.50. The third kappa shape index (κ3) is 2.89. The second-order valence-electron chi connectivity index (χ2n) is 5.06. The highest BCUT2D eigenvalue weighted by atomic mass is 19.1. The van der Waals surface area contributed by atoms with Gasteiger partial charge in [0.2, 0.25) is 6.41 Å². The Morgan fingerprint density at radius 1 is 1.54 bits per heavy atom. The van der Waals surface area contributed by atoms with Crippen LogP contribution < -0.4 is 10.2 Å². The lowest BCUT2D eigenvalue weighted by molar-refractivity contribution is -0.109. The fourth-order valence-electron chi connectivity index (χ4n) is 2.38. The Morgan fingerprint density at radius 2 is 2.38 bits per heavy atom. The molecule has 1 saturated heterocycles. The molecule has 1 fully saturated rings. The van der Waals surface area contributed by atoms with Crippen LogP contribution in [0.25, 0.3) is 5.69 Å². The number of benzene rings is 1. The summed E-state index contributed by atoms with van der Waals surface area (Å²) in [4.78, 5) is 23.4. The van der Waals surface area contributed by atoms with Gasteiger partial charge in [-0.15, -0.1) is 0 Å². The number of ether oxygens (including phenoxy) is 1. The molecule has 2 heterocycles. The molecule has 122 valence electrons. The Balaban J connectivity index is 1.81. The van der Waals surface area contributed by atoms with Gasteiger partial charge in [0, 0.05) is 6.20 Å². The van der Waals surface area contributed by atoms with E-state index in [9.17, 15) is 14.0 Å². The number of nitrogens with one attached hydrogen (secondary N) is 1. The summed E-state index contributed by atoms with van der Waals surface area (Å²) in [6.45, 7) is 0.398. The van der Waals surface area contributed by atoms with Crippen LogP contribution in [-0.2, 0) is 9.53 Å². The van der Waals surface area contributed by atoms with Gasteiger partial charge in [0.1, 0.15) is 17.9 Å². The summed E-state index contributed by atoms with van der Waals surface area (Å²) >= 11 is 0. The van der Waals surface area contributed by atoms with Gasteiger partial charge in [-0.2, -0.15) is 10.4 Å². The molecular formula is C15H12FN5O3. The second-order valence-corrected chi connectivity index (χ2v) is 5.06. The molecule has 0 saturated carbocycles. The average Bonchev–Trinajstić information content (AvgIpc) is 3.19. The summed E-state index contributed by atoms with van der Waals surface area (Å²) in [5.74, 6) is -0.595. The van der Waals surface area contributed by atoms with E-state index in [0.717, 1.165) is 0 Å². The molecule has 0 bridgehead atoms. The zero-order chi connectivity index (χ0) is 17.1. The van der Waals surface area contributed by atoms with Crippen molar-refractivity contribution in [2.24, 2.45) is 0 Å². The predicted octanol–water partition coefficient (Wildman–Crippen LogP) is 0.954. The summed E-state index contributed by atoms with van der Waals surface area (Å²) in [5, 5.41) is 15.1. The Bertz CT molecular complexity index is 829. The molecule has 2 aromatic rings. The number of amides is 2. The van der Waals surface area contributed by atoms with E-state index < -0.39 is 18.0 Å². The molecule has 1 aromatic carbocycles. The van der Waals surface area contributed by atoms with Crippen LogP contribution in [0.5, 0.6) is 0 Å². The number of halogens is 1. The molecule has 0 spiro atoms. The Morgan fingerprint density at radius 3 is 3.04 bits per heavy atom. The molecule has 0 aliphatic carbocycles. The topological polar surface area (TPSA) is 100 Å². The van der Waals surface area contributed by atoms with Crippen LogP contribution in [-0.4, -0.2) is 41.5 Å². The molecule has 9 heteroatoms. The molecule has 0 unspecified atom stereocenters. The van der Waals surface area contributed by atoms with Crippen LogP contribution in [0.3, 0.4) is 0 Å². The number of carbonyl (C=O) groups excluding carboxylic acids is 2. The normalized spacial score (nSPS) is 16.6. The monoisotopic (exact) mass is 329 g/mol. The maximum Gasteiger partial charge on any atom is 0.414 e. The third-order valence-electron chi connectivity index (χ3n) is 3.50. The van der Waals surface area contributed by atoms with Crippen LogP contribution in [0.4, 0.5) is 14.9 Å². The molecule has 8 nitrogen and oxygen atoms in total. The Hall–Kier alpha value is -3.41. The van der Waals surface area contributed by atoms with Crippen molar-refractivity contribution in [3.05, 3.63) is 42.0 Å². The van der Waals surface area contributed by atoms with Crippen molar-refractivity contribution < 1.29 is 18.7 Å². The number of cyclic esters (lactones) is 1. The summed E-state index contributed by atoms with van der Waals surface area (Å²) in [5.41, 5.74) is 0.807. The lowest BCUT2D eigenvalue weighted by Gasteiger charge is -2.14. The molecule has 0 radical (unpaired) electrons. The summed E-state index contributed by atoms with van der Waals surface area (Å²) in [6.07, 6.45) is 2.16. The van der Waals surface area contributed by atoms with E-state index in [1.165, 1.54) is 34.1 Å². The van der Waals surface area contributed by atoms with Crippen LogP contribution in [0, 0.1) is 17.1 Å². The first-order chi connectivity index (χ1) is 11.6. The van der Waals surface area contributed by atoms with Crippen molar-refractivity contribution in [1.29, 1.82) is 5.26 Å². The predicted molar refractivity (Wildman–Crippen MR) is 79.9 cm³/mol. The molecule has 3 rings (SSSR count). The second kappa shape index (κ2) is 6.37. The molecule has 1 aliphatic rings. The van der Waals surface area contributed by atoms with Gasteiger partial charge in [-0.1, -0.05) is 0 Å². The number of hydrogen-bond donors (Lipinski definition) is 1. The van der Waals surface area contributed by atoms with E-state index in [1.807, 2.05) is 6.07 Å². The minimum atomic E-state index is -0.606. The SMILES string of the molecule is N#Cc1cnn(-c2ccc(N3C[C@H](CNC=O)OC3=O)cc2F)c1. The van der Waals surface area contributed by atoms with Crippen LogP contribution in [0.1, 0.15) is 5.56 Å². The number of nitrogens with zero attached hydrogens (tertiary/aromatic N) is 4. The van der Waals surface area contributed by atoms with E-state index in [-0.39, 0.29) is 18.8 Å². The first-order valence-corrected chi connectivity index (χ1v) is 7.02. The lowest BCUT2D eigenvalue weighted by atomic mass is 10.2. The van der Waals surface area contributed by atoms with Crippen LogP contribution in [0.15, 0.2) is 30.6 Å². The number of hydrogen-bond acceptors (Lipinski definition) is 5. The van der Waals surface area contributed by atoms with Gasteiger partial charge in [-0.3, -0.25) is 9.69 Å². The van der Waals surface area contributed by atoms with Gasteiger partial charge in [0.05, 0.1) is 30.5 Å². The molecule has 1 aromatic heterocycles. The van der Waals surface area contributed by atoms with Crippen molar-refractivity contribution in [2.75, 3.05) is 18.0 Å².